The third-order valence-electron chi connectivity index (χ3n) is 8.55. The molecule has 1 heterocycles. The molecule has 0 bridgehead atoms. The number of rotatable bonds is 3. The van der Waals surface area contributed by atoms with E-state index >= 15 is 0 Å². The molecule has 27 heavy (non-hydrogen) atoms. The Hall–Kier alpha value is -0.720. The van der Waals surface area contributed by atoms with Gasteiger partial charge in [0.05, 0.1) is 12.7 Å². The molecule has 3 aliphatic carbocycles. The first-order valence-corrected chi connectivity index (χ1v) is 10.3. The summed E-state index contributed by atoms with van der Waals surface area (Å²) in [5.74, 6) is 0.601. The Balaban J connectivity index is 1.65. The van der Waals surface area contributed by atoms with Gasteiger partial charge < -0.3 is 25.2 Å². The van der Waals surface area contributed by atoms with Gasteiger partial charge in [-0.1, -0.05) is 32.4 Å². The number of hydrogen-bond donors (Lipinski definition) is 4. The molecule has 1 aliphatic heterocycles. The molecule has 152 valence electrons. The fourth-order valence-corrected chi connectivity index (χ4v) is 6.59. The SMILES string of the molecule is CC1=CC[C@H]2C(C)(C)[C@@H](O)CC[C@]2(C)[C@H]1C[C@@]12O[C@@H]1[C@H](O)C(CO)=C[C@H]2O. The molecule has 0 spiro atoms. The average molecular weight is 379 g/mol. The van der Waals surface area contributed by atoms with E-state index in [2.05, 4.69) is 33.8 Å². The van der Waals surface area contributed by atoms with Crippen LogP contribution in [0.5, 0.6) is 0 Å². The largest absolute Gasteiger partial charge is 0.393 e. The maximum atomic E-state index is 10.7. The van der Waals surface area contributed by atoms with Crippen LogP contribution in [-0.4, -0.2) is 57.0 Å². The molecule has 8 atom stereocenters. The second-order valence-corrected chi connectivity index (χ2v) is 10.2. The lowest BCUT2D eigenvalue weighted by Gasteiger charge is -2.58. The van der Waals surface area contributed by atoms with Gasteiger partial charge in [0.25, 0.3) is 0 Å². The van der Waals surface area contributed by atoms with Gasteiger partial charge in [-0.3, -0.25) is 0 Å². The minimum absolute atomic E-state index is 0.0262. The number of epoxide rings is 1. The fourth-order valence-electron chi connectivity index (χ4n) is 6.59. The van der Waals surface area contributed by atoms with Crippen molar-refractivity contribution in [2.75, 3.05) is 6.61 Å². The smallest absolute Gasteiger partial charge is 0.128 e. The quantitative estimate of drug-likeness (QED) is 0.445. The lowest BCUT2D eigenvalue weighted by atomic mass is 9.47. The van der Waals surface area contributed by atoms with Crippen molar-refractivity contribution in [3.8, 4) is 0 Å². The first-order valence-electron chi connectivity index (χ1n) is 10.3. The summed E-state index contributed by atoms with van der Waals surface area (Å²) < 4.78 is 5.93. The molecule has 1 saturated carbocycles. The summed E-state index contributed by atoms with van der Waals surface area (Å²) in [6, 6.07) is 0. The van der Waals surface area contributed by atoms with Crippen LogP contribution >= 0.6 is 0 Å². The molecule has 0 aromatic rings. The molecule has 0 aromatic heterocycles. The Morgan fingerprint density at radius 3 is 2.56 bits per heavy atom. The van der Waals surface area contributed by atoms with E-state index in [-0.39, 0.29) is 29.5 Å². The van der Waals surface area contributed by atoms with Gasteiger partial charge in [-0.25, -0.2) is 0 Å². The number of allylic oxidation sites excluding steroid dienone is 2. The zero-order valence-electron chi connectivity index (χ0n) is 16.9. The van der Waals surface area contributed by atoms with Crippen LogP contribution < -0.4 is 0 Å². The van der Waals surface area contributed by atoms with Gasteiger partial charge in [0.1, 0.15) is 23.9 Å². The molecule has 0 amide bonds. The van der Waals surface area contributed by atoms with Gasteiger partial charge in [-0.15, -0.1) is 0 Å². The molecule has 4 N–H and O–H groups in total. The van der Waals surface area contributed by atoms with E-state index in [1.165, 1.54) is 5.57 Å². The summed E-state index contributed by atoms with van der Waals surface area (Å²) in [6.07, 6.45) is 4.85. The Morgan fingerprint density at radius 1 is 1.19 bits per heavy atom. The van der Waals surface area contributed by atoms with E-state index < -0.39 is 23.9 Å². The van der Waals surface area contributed by atoms with Crippen LogP contribution in [0.3, 0.4) is 0 Å². The third kappa shape index (κ3) is 2.62. The highest BCUT2D eigenvalue weighted by Crippen LogP contribution is 2.63. The molecule has 4 aliphatic rings. The predicted octanol–water partition coefficient (Wildman–Crippen LogP) is 1.94. The number of hydrogen-bond acceptors (Lipinski definition) is 5. The van der Waals surface area contributed by atoms with Gasteiger partial charge in [-0.05, 0) is 66.9 Å². The number of ether oxygens (including phenoxy) is 1. The maximum absolute atomic E-state index is 10.7. The van der Waals surface area contributed by atoms with Crippen LogP contribution in [0.15, 0.2) is 23.3 Å². The van der Waals surface area contributed by atoms with Crippen molar-refractivity contribution in [1.82, 2.24) is 0 Å². The van der Waals surface area contributed by atoms with E-state index in [1.54, 1.807) is 6.08 Å². The highest BCUT2D eigenvalue weighted by Gasteiger charge is 2.68. The summed E-state index contributed by atoms with van der Waals surface area (Å²) in [5, 5.41) is 41.2. The summed E-state index contributed by atoms with van der Waals surface area (Å²) in [6.45, 7) is 8.59. The van der Waals surface area contributed by atoms with Crippen molar-refractivity contribution in [2.24, 2.45) is 22.7 Å². The molecule has 0 aromatic carbocycles. The zero-order valence-corrected chi connectivity index (χ0v) is 16.9. The van der Waals surface area contributed by atoms with Crippen molar-refractivity contribution >= 4 is 0 Å². The number of fused-ring (bicyclic) bond motifs is 2. The highest BCUT2D eigenvalue weighted by atomic mass is 16.6. The van der Waals surface area contributed by atoms with Crippen LogP contribution in [-0.2, 0) is 4.74 Å². The van der Waals surface area contributed by atoms with Crippen LogP contribution in [0.1, 0.15) is 53.4 Å². The van der Waals surface area contributed by atoms with E-state index in [4.69, 9.17) is 4.74 Å². The summed E-state index contributed by atoms with van der Waals surface area (Å²) in [5.41, 5.74) is 0.880. The molecular formula is C22H34O5. The average Bonchev–Trinajstić information content (AvgIpc) is 3.35. The van der Waals surface area contributed by atoms with Crippen LogP contribution in [0, 0.1) is 22.7 Å². The van der Waals surface area contributed by atoms with E-state index in [9.17, 15) is 20.4 Å². The molecule has 2 fully saturated rings. The number of aliphatic hydroxyl groups is 4. The van der Waals surface area contributed by atoms with Gasteiger partial charge in [0.15, 0.2) is 0 Å². The summed E-state index contributed by atoms with van der Waals surface area (Å²) in [7, 11) is 0. The third-order valence-corrected chi connectivity index (χ3v) is 8.55. The Morgan fingerprint density at radius 2 is 1.89 bits per heavy atom. The van der Waals surface area contributed by atoms with Crippen molar-refractivity contribution in [1.29, 1.82) is 0 Å². The first-order chi connectivity index (χ1) is 12.6. The summed E-state index contributed by atoms with van der Waals surface area (Å²) in [4.78, 5) is 0. The second-order valence-electron chi connectivity index (χ2n) is 10.2. The van der Waals surface area contributed by atoms with Crippen LogP contribution in [0.4, 0.5) is 0 Å². The maximum Gasteiger partial charge on any atom is 0.128 e. The van der Waals surface area contributed by atoms with E-state index in [1.807, 2.05) is 0 Å². The molecule has 0 unspecified atom stereocenters. The molecule has 1 saturated heterocycles. The second kappa shape index (κ2) is 6.14. The molecule has 0 radical (unpaired) electrons. The fraction of sp³-hybridized carbons (Fsp3) is 0.818. The standard InChI is InChI=1S/C22H34O5/c1-12-5-6-15-20(2,3)16(24)7-8-21(15,4)14(12)10-22-17(25)9-13(11-23)18(26)19(22)27-22/h5,9,14-19,23-26H,6-8,10-11H2,1-4H3/t14-,15-,16-,17+,18+,19+,21+,22-/m0/s1. The van der Waals surface area contributed by atoms with Crippen molar-refractivity contribution in [3.63, 3.8) is 0 Å². The highest BCUT2D eigenvalue weighted by molar-refractivity contribution is 5.33. The van der Waals surface area contributed by atoms with Crippen LogP contribution in [0.2, 0.25) is 0 Å². The van der Waals surface area contributed by atoms with E-state index in [0.717, 1.165) is 19.3 Å². The number of aliphatic hydroxyl groups excluding tert-OH is 4. The minimum Gasteiger partial charge on any atom is -0.393 e. The van der Waals surface area contributed by atoms with Crippen molar-refractivity contribution in [2.45, 2.75) is 83.4 Å². The topological polar surface area (TPSA) is 93.5 Å². The van der Waals surface area contributed by atoms with Crippen molar-refractivity contribution < 1.29 is 25.2 Å². The van der Waals surface area contributed by atoms with Crippen LogP contribution in [0.25, 0.3) is 0 Å². The monoisotopic (exact) mass is 378 g/mol. The molecule has 4 rings (SSSR count). The Kier molecular flexibility index (Phi) is 4.45. The molecule has 5 nitrogen and oxygen atoms in total. The summed E-state index contributed by atoms with van der Waals surface area (Å²) >= 11 is 0. The molecular weight excluding hydrogens is 344 g/mol. The predicted molar refractivity (Wildman–Crippen MR) is 102 cm³/mol. The normalized spacial score (nSPS) is 51.0. The first kappa shape index (κ1) is 19.6. The van der Waals surface area contributed by atoms with Gasteiger partial charge in [-0.2, -0.15) is 0 Å². The zero-order chi connectivity index (χ0) is 19.8. The molecule has 5 heteroatoms. The Bertz CT molecular complexity index is 682. The van der Waals surface area contributed by atoms with Gasteiger partial charge in [0.2, 0.25) is 0 Å². The minimum atomic E-state index is -0.848. The lowest BCUT2D eigenvalue weighted by molar-refractivity contribution is -0.119. The van der Waals surface area contributed by atoms with E-state index in [0.29, 0.717) is 17.9 Å². The van der Waals surface area contributed by atoms with Crippen molar-refractivity contribution in [3.05, 3.63) is 23.3 Å². The lowest BCUT2D eigenvalue weighted by Crippen LogP contribution is -2.55. The Labute approximate surface area is 161 Å². The van der Waals surface area contributed by atoms with Gasteiger partial charge in [0, 0.05) is 0 Å². The van der Waals surface area contributed by atoms with Gasteiger partial charge >= 0.3 is 0 Å².